The van der Waals surface area contributed by atoms with E-state index in [0.717, 1.165) is 24.0 Å². The van der Waals surface area contributed by atoms with Gasteiger partial charge in [-0.05, 0) is 49.3 Å². The van der Waals surface area contributed by atoms with Gasteiger partial charge < -0.3 is 4.52 Å². The Morgan fingerprint density at radius 2 is 2.07 bits per heavy atom. The molecule has 1 aliphatic heterocycles. The minimum absolute atomic E-state index is 0.176. The molecular formula is C19H21N3O3S2. The molecule has 0 radical (unpaired) electrons. The molecule has 0 spiro atoms. The maximum atomic E-state index is 12.9. The first-order valence-corrected chi connectivity index (χ1v) is 11.3. The highest BCUT2D eigenvalue weighted by atomic mass is 32.2. The summed E-state index contributed by atoms with van der Waals surface area (Å²) >= 11 is 1.59. The van der Waals surface area contributed by atoms with Crippen LogP contribution in [0.2, 0.25) is 0 Å². The SMILES string of the molecule is Cc1ccc(S(=O)(=O)N2CCCC(Cc3nc(-c4ccsc4)no3)C2)cc1. The van der Waals surface area contributed by atoms with Crippen molar-refractivity contribution < 1.29 is 12.9 Å². The maximum Gasteiger partial charge on any atom is 0.243 e. The standard InChI is InChI=1S/C19H21N3O3S2/c1-14-4-6-17(7-5-14)27(23,24)22-9-2-3-15(12-22)11-18-20-19(21-25-18)16-8-10-26-13-16/h4-8,10,13,15H,2-3,9,11-12H2,1H3. The van der Waals surface area contributed by atoms with E-state index in [9.17, 15) is 8.42 Å². The molecule has 1 fully saturated rings. The van der Waals surface area contributed by atoms with Crippen LogP contribution in [0.15, 0.2) is 50.5 Å². The van der Waals surface area contributed by atoms with Gasteiger partial charge >= 0.3 is 0 Å². The van der Waals surface area contributed by atoms with Crippen LogP contribution >= 0.6 is 11.3 Å². The number of aromatic nitrogens is 2. The molecule has 27 heavy (non-hydrogen) atoms. The summed E-state index contributed by atoms with van der Waals surface area (Å²) in [5.74, 6) is 1.33. The second-order valence-corrected chi connectivity index (χ2v) is 9.63. The van der Waals surface area contributed by atoms with Gasteiger partial charge in [-0.1, -0.05) is 22.9 Å². The highest BCUT2D eigenvalue weighted by molar-refractivity contribution is 7.89. The van der Waals surface area contributed by atoms with Crippen LogP contribution in [0.3, 0.4) is 0 Å². The minimum Gasteiger partial charge on any atom is -0.339 e. The Labute approximate surface area is 162 Å². The first-order chi connectivity index (χ1) is 13.0. The van der Waals surface area contributed by atoms with E-state index in [-0.39, 0.29) is 5.92 Å². The number of thiophene rings is 1. The average Bonchev–Trinajstić information content (AvgIpc) is 3.34. The summed E-state index contributed by atoms with van der Waals surface area (Å²) in [4.78, 5) is 4.82. The molecule has 1 aromatic carbocycles. The summed E-state index contributed by atoms with van der Waals surface area (Å²) in [5.41, 5.74) is 1.99. The minimum atomic E-state index is -3.47. The average molecular weight is 404 g/mol. The number of rotatable bonds is 5. The van der Waals surface area contributed by atoms with Crippen molar-refractivity contribution in [1.82, 2.24) is 14.4 Å². The van der Waals surface area contributed by atoms with Gasteiger partial charge in [0.1, 0.15) is 0 Å². The number of sulfonamides is 1. The van der Waals surface area contributed by atoms with Crippen LogP contribution in [0, 0.1) is 12.8 Å². The van der Waals surface area contributed by atoms with Gasteiger partial charge in [-0.15, -0.1) is 0 Å². The number of benzene rings is 1. The molecule has 8 heteroatoms. The molecule has 1 atom stereocenters. The molecule has 142 valence electrons. The quantitative estimate of drug-likeness (QED) is 0.648. The molecule has 0 bridgehead atoms. The highest BCUT2D eigenvalue weighted by Gasteiger charge is 2.31. The van der Waals surface area contributed by atoms with Gasteiger partial charge in [0, 0.05) is 30.5 Å². The second-order valence-electron chi connectivity index (χ2n) is 6.91. The third-order valence-electron chi connectivity index (χ3n) is 4.85. The second kappa shape index (κ2) is 7.53. The van der Waals surface area contributed by atoms with Crippen molar-refractivity contribution in [2.45, 2.75) is 31.1 Å². The topological polar surface area (TPSA) is 76.3 Å². The van der Waals surface area contributed by atoms with E-state index in [4.69, 9.17) is 4.52 Å². The van der Waals surface area contributed by atoms with Gasteiger partial charge in [0.05, 0.1) is 4.90 Å². The monoisotopic (exact) mass is 403 g/mol. The molecule has 2 aromatic heterocycles. The summed E-state index contributed by atoms with van der Waals surface area (Å²) in [6.07, 6.45) is 2.38. The van der Waals surface area contributed by atoms with Crippen LogP contribution in [-0.4, -0.2) is 36.0 Å². The zero-order valence-corrected chi connectivity index (χ0v) is 16.7. The maximum absolute atomic E-state index is 12.9. The lowest BCUT2D eigenvalue weighted by Gasteiger charge is -2.31. The fraction of sp³-hybridized carbons (Fsp3) is 0.368. The summed E-state index contributed by atoms with van der Waals surface area (Å²) in [6, 6.07) is 8.98. The molecule has 1 saturated heterocycles. The lowest BCUT2D eigenvalue weighted by atomic mass is 9.96. The highest BCUT2D eigenvalue weighted by Crippen LogP contribution is 2.27. The van der Waals surface area contributed by atoms with Crippen molar-refractivity contribution in [3.8, 4) is 11.4 Å². The number of nitrogens with zero attached hydrogens (tertiary/aromatic N) is 3. The Hall–Kier alpha value is -2.03. The normalized spacial score (nSPS) is 18.6. The van der Waals surface area contributed by atoms with Gasteiger partial charge in [-0.3, -0.25) is 0 Å². The Morgan fingerprint density at radius 3 is 2.81 bits per heavy atom. The van der Waals surface area contributed by atoms with Gasteiger partial charge in [-0.2, -0.15) is 20.6 Å². The lowest BCUT2D eigenvalue weighted by molar-refractivity contribution is 0.247. The molecule has 0 N–H and O–H groups in total. The Bertz CT molecular complexity index is 995. The molecular weight excluding hydrogens is 382 g/mol. The predicted molar refractivity (Wildman–Crippen MR) is 104 cm³/mol. The Kier molecular flexibility index (Phi) is 5.12. The Morgan fingerprint density at radius 1 is 1.26 bits per heavy atom. The van der Waals surface area contributed by atoms with Gasteiger partial charge in [0.15, 0.2) is 0 Å². The van der Waals surface area contributed by atoms with Gasteiger partial charge in [0.25, 0.3) is 0 Å². The first kappa shape index (κ1) is 18.3. The molecule has 1 aliphatic rings. The van der Waals surface area contributed by atoms with Crippen molar-refractivity contribution in [2.24, 2.45) is 5.92 Å². The third kappa shape index (κ3) is 3.97. The van der Waals surface area contributed by atoms with Crippen molar-refractivity contribution in [3.05, 3.63) is 52.5 Å². The van der Waals surface area contributed by atoms with E-state index in [1.54, 1.807) is 27.8 Å². The summed E-state index contributed by atoms with van der Waals surface area (Å²) < 4.78 is 32.8. The first-order valence-electron chi connectivity index (χ1n) is 8.94. The van der Waals surface area contributed by atoms with Crippen LogP contribution in [0.4, 0.5) is 0 Å². The van der Waals surface area contributed by atoms with Crippen LogP contribution in [-0.2, 0) is 16.4 Å². The summed E-state index contributed by atoms with van der Waals surface area (Å²) in [6.45, 7) is 2.98. The molecule has 3 aromatic rings. The van der Waals surface area contributed by atoms with Gasteiger partial charge in [0.2, 0.25) is 21.7 Å². The molecule has 6 nitrogen and oxygen atoms in total. The summed E-state index contributed by atoms with van der Waals surface area (Å²) in [5, 5.41) is 7.99. The van der Waals surface area contributed by atoms with Crippen LogP contribution in [0.25, 0.3) is 11.4 Å². The van der Waals surface area contributed by atoms with Crippen molar-refractivity contribution >= 4 is 21.4 Å². The fourth-order valence-corrected chi connectivity index (χ4v) is 5.55. The van der Waals surface area contributed by atoms with E-state index < -0.39 is 10.0 Å². The molecule has 0 aliphatic carbocycles. The van der Waals surface area contributed by atoms with E-state index in [2.05, 4.69) is 10.1 Å². The van der Waals surface area contributed by atoms with E-state index in [1.807, 2.05) is 35.9 Å². The van der Waals surface area contributed by atoms with Crippen molar-refractivity contribution in [2.75, 3.05) is 13.1 Å². The van der Waals surface area contributed by atoms with Crippen LogP contribution < -0.4 is 0 Å². The molecule has 0 amide bonds. The molecule has 0 saturated carbocycles. The zero-order chi connectivity index (χ0) is 18.9. The fourth-order valence-electron chi connectivity index (χ4n) is 3.36. The lowest BCUT2D eigenvalue weighted by Crippen LogP contribution is -2.40. The van der Waals surface area contributed by atoms with Crippen molar-refractivity contribution in [1.29, 1.82) is 0 Å². The number of aryl methyl sites for hydroxylation is 1. The molecule has 4 rings (SSSR count). The van der Waals surface area contributed by atoms with Crippen LogP contribution in [0.1, 0.15) is 24.3 Å². The largest absolute Gasteiger partial charge is 0.339 e. The third-order valence-corrected chi connectivity index (χ3v) is 7.41. The number of piperidine rings is 1. The van der Waals surface area contributed by atoms with Gasteiger partial charge in [-0.25, -0.2) is 8.42 Å². The smallest absolute Gasteiger partial charge is 0.243 e. The predicted octanol–water partition coefficient (Wildman–Crippen LogP) is 3.75. The van der Waals surface area contributed by atoms with Crippen molar-refractivity contribution in [3.63, 3.8) is 0 Å². The molecule has 1 unspecified atom stereocenters. The number of hydrogen-bond donors (Lipinski definition) is 0. The number of hydrogen-bond acceptors (Lipinski definition) is 6. The zero-order valence-electron chi connectivity index (χ0n) is 15.0. The van der Waals surface area contributed by atoms with E-state index >= 15 is 0 Å². The van der Waals surface area contributed by atoms with E-state index in [0.29, 0.717) is 36.1 Å². The summed E-state index contributed by atoms with van der Waals surface area (Å²) in [7, 11) is -3.47. The Balaban J connectivity index is 1.46. The van der Waals surface area contributed by atoms with Crippen LogP contribution in [0.5, 0.6) is 0 Å². The van der Waals surface area contributed by atoms with E-state index in [1.165, 1.54) is 0 Å². The molecule has 3 heterocycles.